The SMILES string of the molecule is CC(C)(C)C1CCC2(CC1)C(N)=NC(=O)N2CC1CC1. The fourth-order valence-corrected chi connectivity index (χ4v) is 3.89. The molecule has 2 amide bonds. The monoisotopic (exact) mass is 277 g/mol. The highest BCUT2D eigenvalue weighted by molar-refractivity contribution is 6.05. The lowest BCUT2D eigenvalue weighted by atomic mass is 9.66. The van der Waals surface area contributed by atoms with Crippen LogP contribution in [0.5, 0.6) is 0 Å². The smallest absolute Gasteiger partial charge is 0.346 e. The van der Waals surface area contributed by atoms with Crippen molar-refractivity contribution in [3.05, 3.63) is 0 Å². The summed E-state index contributed by atoms with van der Waals surface area (Å²) in [4.78, 5) is 18.3. The molecule has 0 aromatic carbocycles. The maximum atomic E-state index is 12.2. The first kappa shape index (κ1) is 13.9. The second-order valence-corrected chi connectivity index (χ2v) is 8.01. The normalized spacial score (nSPS) is 34.8. The fourth-order valence-electron chi connectivity index (χ4n) is 3.89. The minimum atomic E-state index is -0.249. The molecule has 2 N–H and O–H groups in total. The molecule has 0 unspecified atom stereocenters. The van der Waals surface area contributed by atoms with Crippen LogP contribution in [-0.2, 0) is 0 Å². The molecule has 0 bridgehead atoms. The third-order valence-corrected chi connectivity index (χ3v) is 5.62. The molecule has 2 fully saturated rings. The molecule has 2 saturated carbocycles. The van der Waals surface area contributed by atoms with Crippen LogP contribution in [0.15, 0.2) is 4.99 Å². The van der Waals surface area contributed by atoms with Crippen molar-refractivity contribution < 1.29 is 4.79 Å². The zero-order chi connectivity index (χ0) is 14.5. The Morgan fingerprint density at radius 1 is 1.25 bits per heavy atom. The third kappa shape index (κ3) is 2.23. The summed E-state index contributed by atoms with van der Waals surface area (Å²) in [5, 5.41) is 0. The molecule has 1 aliphatic heterocycles. The van der Waals surface area contributed by atoms with Crippen LogP contribution in [-0.4, -0.2) is 28.9 Å². The molecule has 4 nitrogen and oxygen atoms in total. The van der Waals surface area contributed by atoms with E-state index in [0.29, 0.717) is 17.2 Å². The summed E-state index contributed by atoms with van der Waals surface area (Å²) >= 11 is 0. The van der Waals surface area contributed by atoms with Gasteiger partial charge in [0, 0.05) is 6.54 Å². The average Bonchev–Trinajstić information content (AvgIpc) is 3.15. The predicted octanol–water partition coefficient (Wildman–Crippen LogP) is 3.16. The maximum absolute atomic E-state index is 12.2. The summed E-state index contributed by atoms with van der Waals surface area (Å²) in [7, 11) is 0. The lowest BCUT2D eigenvalue weighted by Crippen LogP contribution is -2.57. The van der Waals surface area contributed by atoms with Gasteiger partial charge >= 0.3 is 6.03 Å². The number of nitrogens with two attached hydrogens (primary N) is 1. The van der Waals surface area contributed by atoms with Crippen LogP contribution in [0.4, 0.5) is 4.79 Å². The predicted molar refractivity (Wildman–Crippen MR) is 80.6 cm³/mol. The van der Waals surface area contributed by atoms with Crippen LogP contribution in [0.25, 0.3) is 0 Å². The molecule has 3 aliphatic rings. The second kappa shape index (κ2) is 4.47. The summed E-state index contributed by atoms with van der Waals surface area (Å²) in [5.41, 5.74) is 6.26. The van der Waals surface area contributed by atoms with Gasteiger partial charge in [-0.05, 0) is 55.8 Å². The van der Waals surface area contributed by atoms with E-state index in [9.17, 15) is 4.79 Å². The molecule has 20 heavy (non-hydrogen) atoms. The topological polar surface area (TPSA) is 58.7 Å². The van der Waals surface area contributed by atoms with Gasteiger partial charge in [-0.3, -0.25) is 0 Å². The van der Waals surface area contributed by atoms with Gasteiger partial charge in [0.25, 0.3) is 0 Å². The number of aliphatic imine (C=N–C) groups is 1. The molecular formula is C16H27N3O. The van der Waals surface area contributed by atoms with Gasteiger partial charge in [-0.1, -0.05) is 20.8 Å². The van der Waals surface area contributed by atoms with E-state index in [4.69, 9.17) is 5.73 Å². The van der Waals surface area contributed by atoms with E-state index in [1.165, 1.54) is 12.8 Å². The van der Waals surface area contributed by atoms with E-state index in [-0.39, 0.29) is 11.6 Å². The number of hydrogen-bond donors (Lipinski definition) is 1. The van der Waals surface area contributed by atoms with Crippen molar-refractivity contribution in [1.29, 1.82) is 0 Å². The molecule has 112 valence electrons. The van der Waals surface area contributed by atoms with Crippen molar-refractivity contribution in [2.45, 2.75) is 64.8 Å². The number of hydrogen-bond acceptors (Lipinski definition) is 2. The molecule has 1 spiro atoms. The minimum absolute atomic E-state index is 0.0939. The minimum Gasteiger partial charge on any atom is -0.385 e. The van der Waals surface area contributed by atoms with Crippen molar-refractivity contribution >= 4 is 11.9 Å². The van der Waals surface area contributed by atoms with E-state index in [2.05, 4.69) is 25.8 Å². The first-order valence-electron chi connectivity index (χ1n) is 7.99. The Hall–Kier alpha value is -1.06. The van der Waals surface area contributed by atoms with E-state index in [1.807, 2.05) is 4.90 Å². The van der Waals surface area contributed by atoms with Gasteiger partial charge in [0.1, 0.15) is 11.4 Å². The summed E-state index contributed by atoms with van der Waals surface area (Å²) < 4.78 is 0. The first-order chi connectivity index (χ1) is 9.33. The van der Waals surface area contributed by atoms with E-state index >= 15 is 0 Å². The number of nitrogens with zero attached hydrogens (tertiary/aromatic N) is 2. The maximum Gasteiger partial charge on any atom is 0.346 e. The molecule has 0 radical (unpaired) electrons. The number of carbonyl (C=O) groups excluding carboxylic acids is 1. The Morgan fingerprint density at radius 2 is 1.85 bits per heavy atom. The standard InChI is InChI=1S/C16H27N3O/c1-15(2,3)12-6-8-16(9-7-12)13(17)18-14(20)19(16)10-11-4-5-11/h11-12H,4-10H2,1-3H3,(H2,17,18,20). The van der Waals surface area contributed by atoms with Gasteiger partial charge in [-0.15, -0.1) is 0 Å². The number of amides is 2. The van der Waals surface area contributed by atoms with Crippen LogP contribution in [0.3, 0.4) is 0 Å². The van der Waals surface area contributed by atoms with Gasteiger partial charge in [0.2, 0.25) is 0 Å². The van der Waals surface area contributed by atoms with E-state index in [0.717, 1.165) is 38.1 Å². The quantitative estimate of drug-likeness (QED) is 0.842. The molecule has 0 aromatic heterocycles. The van der Waals surface area contributed by atoms with Gasteiger partial charge in [0.15, 0.2) is 0 Å². The van der Waals surface area contributed by atoms with Crippen LogP contribution >= 0.6 is 0 Å². The zero-order valence-corrected chi connectivity index (χ0v) is 13.0. The zero-order valence-electron chi connectivity index (χ0n) is 13.0. The lowest BCUT2D eigenvalue weighted by Gasteiger charge is -2.46. The van der Waals surface area contributed by atoms with Crippen molar-refractivity contribution in [3.63, 3.8) is 0 Å². The molecule has 4 heteroatoms. The Bertz CT molecular complexity index is 437. The van der Waals surface area contributed by atoms with Gasteiger partial charge in [-0.2, -0.15) is 4.99 Å². The third-order valence-electron chi connectivity index (χ3n) is 5.62. The van der Waals surface area contributed by atoms with Crippen molar-refractivity contribution in [2.75, 3.05) is 6.54 Å². The van der Waals surface area contributed by atoms with Crippen LogP contribution in [0.2, 0.25) is 0 Å². The van der Waals surface area contributed by atoms with E-state index < -0.39 is 0 Å². The van der Waals surface area contributed by atoms with Gasteiger partial charge in [-0.25, -0.2) is 4.79 Å². The molecule has 1 heterocycles. The largest absolute Gasteiger partial charge is 0.385 e. The fraction of sp³-hybridized carbons (Fsp3) is 0.875. The van der Waals surface area contributed by atoms with Gasteiger partial charge in [0.05, 0.1) is 0 Å². The summed E-state index contributed by atoms with van der Waals surface area (Å²) in [6.07, 6.45) is 6.78. The molecule has 0 saturated heterocycles. The molecule has 0 aromatic rings. The Kier molecular flexibility index (Phi) is 3.11. The Morgan fingerprint density at radius 3 is 2.35 bits per heavy atom. The number of urea groups is 1. The van der Waals surface area contributed by atoms with Crippen molar-refractivity contribution in [1.82, 2.24) is 4.90 Å². The molecule has 2 aliphatic carbocycles. The highest BCUT2D eigenvalue weighted by Gasteiger charge is 2.52. The second-order valence-electron chi connectivity index (χ2n) is 8.01. The Labute approximate surface area is 121 Å². The van der Waals surface area contributed by atoms with Crippen LogP contribution in [0.1, 0.15) is 59.3 Å². The molecule has 3 rings (SSSR count). The summed E-state index contributed by atoms with van der Waals surface area (Å²) in [6, 6.07) is -0.0939. The van der Waals surface area contributed by atoms with Crippen molar-refractivity contribution in [2.24, 2.45) is 28.0 Å². The first-order valence-corrected chi connectivity index (χ1v) is 7.99. The molecular weight excluding hydrogens is 250 g/mol. The molecule has 0 atom stereocenters. The highest BCUT2D eigenvalue weighted by Crippen LogP contribution is 2.46. The highest BCUT2D eigenvalue weighted by atomic mass is 16.2. The van der Waals surface area contributed by atoms with Crippen LogP contribution < -0.4 is 5.73 Å². The number of rotatable bonds is 2. The van der Waals surface area contributed by atoms with Gasteiger partial charge < -0.3 is 10.6 Å². The summed E-state index contributed by atoms with van der Waals surface area (Å²) in [5.74, 6) is 1.99. The van der Waals surface area contributed by atoms with Crippen LogP contribution in [0, 0.1) is 17.3 Å². The summed E-state index contributed by atoms with van der Waals surface area (Å²) in [6.45, 7) is 7.81. The Balaban J connectivity index is 1.76. The number of carbonyl (C=O) groups is 1. The van der Waals surface area contributed by atoms with E-state index in [1.54, 1.807) is 0 Å². The lowest BCUT2D eigenvalue weighted by molar-refractivity contribution is 0.0869. The number of amidine groups is 1. The van der Waals surface area contributed by atoms with Crippen molar-refractivity contribution in [3.8, 4) is 0 Å². The average molecular weight is 277 g/mol.